The van der Waals surface area contributed by atoms with E-state index in [1.807, 2.05) is 12.3 Å². The van der Waals surface area contributed by atoms with Crippen LogP contribution in [0.2, 0.25) is 0 Å². The van der Waals surface area contributed by atoms with E-state index in [1.54, 1.807) is 6.20 Å². The van der Waals surface area contributed by atoms with Crippen LogP contribution in [0.5, 0.6) is 0 Å². The number of halogens is 1. The van der Waals surface area contributed by atoms with Crippen molar-refractivity contribution in [2.24, 2.45) is 0 Å². The summed E-state index contributed by atoms with van der Waals surface area (Å²) in [6, 6.07) is 2.02. The molecular weight excluding hydrogens is 244 g/mol. The summed E-state index contributed by atoms with van der Waals surface area (Å²) in [5.41, 5.74) is 1.04. The van der Waals surface area contributed by atoms with Crippen LogP contribution in [0, 0.1) is 0 Å². The van der Waals surface area contributed by atoms with Gasteiger partial charge in [-0.1, -0.05) is 0 Å². The van der Waals surface area contributed by atoms with Gasteiger partial charge in [-0.25, -0.2) is 0 Å². The average Bonchev–Trinajstić information content (AvgIpc) is 2.67. The zero-order valence-electron chi connectivity index (χ0n) is 7.87. The fourth-order valence-electron chi connectivity index (χ4n) is 1.55. The van der Waals surface area contributed by atoms with Crippen LogP contribution in [0.4, 0.5) is 5.69 Å². The fraction of sp³-hybridized carbons (Fsp3) is 0.500. The molecule has 1 aromatic rings. The summed E-state index contributed by atoms with van der Waals surface area (Å²) in [5.74, 6) is 0. The van der Waals surface area contributed by atoms with Gasteiger partial charge in [0, 0.05) is 23.8 Å². The minimum Gasteiger partial charge on any atom is -0.381 e. The third-order valence-corrected chi connectivity index (χ3v) is 2.70. The summed E-state index contributed by atoms with van der Waals surface area (Å²) in [5, 5.41) is 3.31. The van der Waals surface area contributed by atoms with E-state index >= 15 is 0 Å². The van der Waals surface area contributed by atoms with Crippen LogP contribution in [-0.4, -0.2) is 24.2 Å². The Bertz CT molecular complexity index is 300. The number of ether oxygens (including phenoxy) is 1. The third-order valence-electron chi connectivity index (χ3n) is 2.26. The summed E-state index contributed by atoms with van der Waals surface area (Å²) >= 11 is 3.38. The van der Waals surface area contributed by atoms with E-state index in [0.717, 1.165) is 29.7 Å². The lowest BCUT2D eigenvalue weighted by molar-refractivity contribution is 0.120. The molecule has 1 aliphatic heterocycles. The molecule has 1 atom stereocenters. The number of rotatable bonds is 3. The second kappa shape index (κ2) is 4.75. The molecule has 2 heterocycles. The first-order valence-electron chi connectivity index (χ1n) is 4.80. The quantitative estimate of drug-likeness (QED) is 0.903. The van der Waals surface area contributed by atoms with Crippen LogP contribution in [0.25, 0.3) is 0 Å². The van der Waals surface area contributed by atoms with Gasteiger partial charge >= 0.3 is 0 Å². The SMILES string of the molecule is Brc1cncc(NC[C@H]2CCCO2)c1. The van der Waals surface area contributed by atoms with Crippen molar-refractivity contribution in [2.75, 3.05) is 18.5 Å². The maximum atomic E-state index is 5.51. The maximum absolute atomic E-state index is 5.51. The molecule has 0 amide bonds. The van der Waals surface area contributed by atoms with Gasteiger partial charge in [-0.15, -0.1) is 0 Å². The maximum Gasteiger partial charge on any atom is 0.0748 e. The van der Waals surface area contributed by atoms with E-state index in [2.05, 4.69) is 26.2 Å². The highest BCUT2D eigenvalue weighted by atomic mass is 79.9. The summed E-state index contributed by atoms with van der Waals surface area (Å²) < 4.78 is 6.51. The molecule has 76 valence electrons. The zero-order valence-corrected chi connectivity index (χ0v) is 9.46. The van der Waals surface area contributed by atoms with E-state index in [0.29, 0.717) is 6.10 Å². The number of pyridine rings is 1. The van der Waals surface area contributed by atoms with Crippen molar-refractivity contribution < 1.29 is 4.74 Å². The lowest BCUT2D eigenvalue weighted by Gasteiger charge is -2.11. The first kappa shape index (κ1) is 9.93. The molecule has 4 heteroatoms. The van der Waals surface area contributed by atoms with E-state index in [9.17, 15) is 0 Å². The first-order valence-corrected chi connectivity index (χ1v) is 5.60. The third kappa shape index (κ3) is 2.69. The van der Waals surface area contributed by atoms with Gasteiger partial charge in [0.25, 0.3) is 0 Å². The average molecular weight is 257 g/mol. The van der Waals surface area contributed by atoms with Gasteiger partial charge in [-0.2, -0.15) is 0 Å². The number of nitrogens with one attached hydrogen (secondary N) is 1. The summed E-state index contributed by atoms with van der Waals surface area (Å²) in [4.78, 5) is 4.08. The van der Waals surface area contributed by atoms with E-state index in [4.69, 9.17) is 4.74 Å². The summed E-state index contributed by atoms with van der Waals surface area (Å²) in [6.07, 6.45) is 6.31. The Hall–Kier alpha value is -0.610. The predicted octanol–water partition coefficient (Wildman–Crippen LogP) is 2.44. The predicted molar refractivity (Wildman–Crippen MR) is 59.4 cm³/mol. The van der Waals surface area contributed by atoms with Crippen LogP contribution in [0.15, 0.2) is 22.9 Å². The molecule has 2 rings (SSSR count). The monoisotopic (exact) mass is 256 g/mol. The number of nitrogens with zero attached hydrogens (tertiary/aromatic N) is 1. The minimum absolute atomic E-state index is 0.369. The normalized spacial score (nSPS) is 21.1. The van der Waals surface area contributed by atoms with Crippen molar-refractivity contribution in [2.45, 2.75) is 18.9 Å². The Labute approximate surface area is 92.0 Å². The van der Waals surface area contributed by atoms with E-state index in [-0.39, 0.29) is 0 Å². The molecule has 0 saturated carbocycles. The van der Waals surface area contributed by atoms with Gasteiger partial charge in [0.1, 0.15) is 0 Å². The van der Waals surface area contributed by atoms with E-state index in [1.165, 1.54) is 6.42 Å². The molecule has 1 N–H and O–H groups in total. The second-order valence-electron chi connectivity index (χ2n) is 3.41. The van der Waals surface area contributed by atoms with Crippen molar-refractivity contribution >= 4 is 21.6 Å². The Morgan fingerprint density at radius 1 is 1.57 bits per heavy atom. The molecule has 0 unspecified atom stereocenters. The molecule has 1 aromatic heterocycles. The van der Waals surface area contributed by atoms with Gasteiger partial charge < -0.3 is 10.1 Å². The molecule has 1 saturated heterocycles. The van der Waals surface area contributed by atoms with Crippen molar-refractivity contribution in [3.8, 4) is 0 Å². The molecule has 3 nitrogen and oxygen atoms in total. The van der Waals surface area contributed by atoms with Crippen LogP contribution in [-0.2, 0) is 4.74 Å². The van der Waals surface area contributed by atoms with Gasteiger partial charge in [-0.3, -0.25) is 4.98 Å². The van der Waals surface area contributed by atoms with Gasteiger partial charge in [0.05, 0.1) is 18.0 Å². The Morgan fingerprint density at radius 2 is 2.50 bits per heavy atom. The van der Waals surface area contributed by atoms with Crippen molar-refractivity contribution in [1.29, 1.82) is 0 Å². The second-order valence-corrected chi connectivity index (χ2v) is 4.32. The molecule has 0 aromatic carbocycles. The van der Waals surface area contributed by atoms with Gasteiger partial charge in [-0.05, 0) is 34.8 Å². The van der Waals surface area contributed by atoms with Crippen LogP contribution in [0.1, 0.15) is 12.8 Å². The first-order chi connectivity index (χ1) is 6.84. The lowest BCUT2D eigenvalue weighted by atomic mass is 10.2. The molecule has 0 aliphatic carbocycles. The zero-order chi connectivity index (χ0) is 9.80. The number of aromatic nitrogens is 1. The standard InChI is InChI=1S/C10H13BrN2O/c11-8-4-9(6-12-5-8)13-7-10-2-1-3-14-10/h4-6,10,13H,1-3,7H2/t10-/m1/s1. The molecular formula is C10H13BrN2O. The highest BCUT2D eigenvalue weighted by molar-refractivity contribution is 9.10. The molecule has 0 radical (unpaired) electrons. The van der Waals surface area contributed by atoms with Crippen LogP contribution >= 0.6 is 15.9 Å². The smallest absolute Gasteiger partial charge is 0.0748 e. The summed E-state index contributed by atoms with van der Waals surface area (Å²) in [7, 11) is 0. The molecule has 14 heavy (non-hydrogen) atoms. The minimum atomic E-state index is 0.369. The molecule has 0 spiro atoms. The van der Waals surface area contributed by atoms with Crippen molar-refractivity contribution in [1.82, 2.24) is 4.98 Å². The number of anilines is 1. The Balaban J connectivity index is 1.85. The van der Waals surface area contributed by atoms with Crippen molar-refractivity contribution in [3.05, 3.63) is 22.9 Å². The fourth-order valence-corrected chi connectivity index (χ4v) is 1.91. The van der Waals surface area contributed by atoms with Gasteiger partial charge in [0.2, 0.25) is 0 Å². The summed E-state index contributed by atoms with van der Waals surface area (Å²) in [6.45, 7) is 1.78. The Kier molecular flexibility index (Phi) is 3.37. The molecule has 1 fully saturated rings. The lowest BCUT2D eigenvalue weighted by Crippen LogP contribution is -2.18. The topological polar surface area (TPSA) is 34.2 Å². The highest BCUT2D eigenvalue weighted by Gasteiger charge is 2.14. The largest absolute Gasteiger partial charge is 0.381 e. The van der Waals surface area contributed by atoms with E-state index < -0.39 is 0 Å². The highest BCUT2D eigenvalue weighted by Crippen LogP contribution is 2.16. The van der Waals surface area contributed by atoms with Crippen molar-refractivity contribution in [3.63, 3.8) is 0 Å². The van der Waals surface area contributed by atoms with Crippen LogP contribution < -0.4 is 5.32 Å². The Morgan fingerprint density at radius 3 is 3.21 bits per heavy atom. The molecule has 1 aliphatic rings. The molecule has 0 bridgehead atoms. The van der Waals surface area contributed by atoms with Gasteiger partial charge in [0.15, 0.2) is 0 Å². The number of hydrogen-bond acceptors (Lipinski definition) is 3. The number of hydrogen-bond donors (Lipinski definition) is 1. The van der Waals surface area contributed by atoms with Crippen LogP contribution in [0.3, 0.4) is 0 Å².